The van der Waals surface area contributed by atoms with Gasteiger partial charge in [-0.3, -0.25) is 0 Å². The van der Waals surface area contributed by atoms with Crippen molar-refractivity contribution < 1.29 is 0 Å². The molecule has 0 aliphatic heterocycles. The Morgan fingerprint density at radius 2 is 2.06 bits per heavy atom. The average Bonchev–Trinajstić information content (AvgIpc) is 2.13. The van der Waals surface area contributed by atoms with Crippen molar-refractivity contribution in [2.24, 2.45) is 11.1 Å². The van der Waals surface area contributed by atoms with Crippen molar-refractivity contribution in [2.45, 2.75) is 52.4 Å². The second kappa shape index (κ2) is 4.73. The smallest absolute Gasteiger partial charge is 0.129 e. The molecule has 0 unspecified atom stereocenters. The number of nitrogens with two attached hydrogens (primary N) is 1. The molecule has 1 saturated carbocycles. The fourth-order valence-electron chi connectivity index (χ4n) is 2.15. The van der Waals surface area contributed by atoms with Crippen LogP contribution in [0, 0.1) is 12.3 Å². The van der Waals surface area contributed by atoms with Crippen LogP contribution in [-0.2, 0) is 6.42 Å². The maximum Gasteiger partial charge on any atom is 0.129 e. The summed E-state index contributed by atoms with van der Waals surface area (Å²) in [7, 11) is 0. The van der Waals surface area contributed by atoms with Gasteiger partial charge in [-0.05, 0) is 37.8 Å². The number of rotatable bonds is 4. The predicted molar refractivity (Wildman–Crippen MR) is 69.9 cm³/mol. The minimum absolute atomic E-state index is 0.0880. The molecule has 1 aliphatic rings. The molecule has 1 fully saturated rings. The summed E-state index contributed by atoms with van der Waals surface area (Å²) in [5.74, 6) is 1.64. The third-order valence-electron chi connectivity index (χ3n) is 3.63. The van der Waals surface area contributed by atoms with Gasteiger partial charge in [0.1, 0.15) is 5.82 Å². The van der Waals surface area contributed by atoms with Crippen LogP contribution >= 0.6 is 0 Å². The van der Waals surface area contributed by atoms with Crippen molar-refractivity contribution in [3.05, 3.63) is 23.3 Å². The van der Waals surface area contributed by atoms with E-state index in [1.54, 1.807) is 0 Å². The van der Waals surface area contributed by atoms with Gasteiger partial charge in [-0.2, -0.15) is 0 Å². The molecule has 1 aromatic heterocycles. The zero-order valence-electron chi connectivity index (χ0n) is 11.2. The van der Waals surface area contributed by atoms with Gasteiger partial charge in [0.25, 0.3) is 0 Å². The summed E-state index contributed by atoms with van der Waals surface area (Å²) in [6, 6.07) is 2.14. The fraction of sp³-hybridized carbons (Fsp3) is 0.714. The van der Waals surface area contributed by atoms with Crippen LogP contribution in [0.4, 0.5) is 0 Å². The van der Waals surface area contributed by atoms with Gasteiger partial charge >= 0.3 is 0 Å². The van der Waals surface area contributed by atoms with E-state index in [4.69, 9.17) is 10.7 Å². The van der Waals surface area contributed by atoms with E-state index in [0.717, 1.165) is 17.9 Å². The van der Waals surface area contributed by atoms with Gasteiger partial charge in [0.05, 0.1) is 0 Å². The normalized spacial score (nSPS) is 16.9. The minimum atomic E-state index is 0.0880. The van der Waals surface area contributed by atoms with Gasteiger partial charge in [0.15, 0.2) is 0 Å². The van der Waals surface area contributed by atoms with Crippen LogP contribution < -0.4 is 5.73 Å². The van der Waals surface area contributed by atoms with Crippen LogP contribution in [0.25, 0.3) is 0 Å². The molecule has 3 heteroatoms. The molecule has 0 radical (unpaired) electrons. The number of nitrogens with zero attached hydrogens (tertiary/aromatic N) is 2. The van der Waals surface area contributed by atoms with Crippen LogP contribution in [0.1, 0.15) is 56.2 Å². The Labute approximate surface area is 104 Å². The van der Waals surface area contributed by atoms with Crippen LogP contribution in [0.5, 0.6) is 0 Å². The van der Waals surface area contributed by atoms with E-state index in [0.29, 0.717) is 12.5 Å². The second-order valence-electron chi connectivity index (χ2n) is 6.02. The predicted octanol–water partition coefficient (Wildman–Crippen LogP) is 2.58. The van der Waals surface area contributed by atoms with E-state index in [-0.39, 0.29) is 5.41 Å². The highest BCUT2D eigenvalue weighted by Crippen LogP contribution is 2.35. The Bertz CT molecular complexity index is 394. The molecule has 0 amide bonds. The summed E-state index contributed by atoms with van der Waals surface area (Å²) in [4.78, 5) is 9.26. The maximum atomic E-state index is 5.77. The summed E-state index contributed by atoms with van der Waals surface area (Å²) in [6.07, 6.45) is 4.79. The van der Waals surface area contributed by atoms with E-state index >= 15 is 0 Å². The molecule has 0 bridgehead atoms. The lowest BCUT2D eigenvalue weighted by Crippen LogP contribution is -2.27. The molecule has 2 N–H and O–H groups in total. The molecular weight excluding hydrogens is 210 g/mol. The quantitative estimate of drug-likeness (QED) is 0.869. The number of hydrogen-bond donors (Lipinski definition) is 1. The Morgan fingerprint density at radius 1 is 1.35 bits per heavy atom. The lowest BCUT2D eigenvalue weighted by atomic mass is 9.82. The highest BCUT2D eigenvalue weighted by molar-refractivity contribution is 5.16. The Hall–Kier alpha value is -0.960. The van der Waals surface area contributed by atoms with E-state index in [9.17, 15) is 0 Å². The maximum absolute atomic E-state index is 5.77. The van der Waals surface area contributed by atoms with Gasteiger partial charge in [0, 0.05) is 23.7 Å². The second-order valence-corrected chi connectivity index (χ2v) is 6.02. The largest absolute Gasteiger partial charge is 0.330 e. The van der Waals surface area contributed by atoms with Crippen molar-refractivity contribution in [1.82, 2.24) is 9.97 Å². The highest BCUT2D eigenvalue weighted by Gasteiger charge is 2.23. The number of hydrogen-bond acceptors (Lipinski definition) is 3. The first-order chi connectivity index (χ1) is 8.00. The summed E-state index contributed by atoms with van der Waals surface area (Å²) in [6.45, 7) is 7.06. The van der Waals surface area contributed by atoms with E-state index in [1.807, 2.05) is 0 Å². The average molecular weight is 233 g/mol. The van der Waals surface area contributed by atoms with Gasteiger partial charge in [-0.25, -0.2) is 9.97 Å². The zero-order chi connectivity index (χ0) is 12.5. The third-order valence-corrected chi connectivity index (χ3v) is 3.63. The van der Waals surface area contributed by atoms with Crippen molar-refractivity contribution in [3.8, 4) is 0 Å². The van der Waals surface area contributed by atoms with Crippen LogP contribution in [0.2, 0.25) is 0 Å². The minimum Gasteiger partial charge on any atom is -0.330 e. The first-order valence-corrected chi connectivity index (χ1v) is 6.55. The molecule has 1 heterocycles. The van der Waals surface area contributed by atoms with Crippen molar-refractivity contribution in [1.29, 1.82) is 0 Å². The zero-order valence-corrected chi connectivity index (χ0v) is 11.2. The Kier molecular flexibility index (Phi) is 3.48. The molecule has 3 nitrogen and oxygen atoms in total. The molecule has 94 valence electrons. The van der Waals surface area contributed by atoms with Gasteiger partial charge < -0.3 is 5.73 Å². The highest BCUT2D eigenvalue weighted by atomic mass is 14.9. The molecule has 0 atom stereocenters. The van der Waals surface area contributed by atoms with Crippen molar-refractivity contribution in [3.63, 3.8) is 0 Å². The van der Waals surface area contributed by atoms with Crippen LogP contribution in [0.15, 0.2) is 6.07 Å². The third kappa shape index (κ3) is 3.03. The lowest BCUT2D eigenvalue weighted by molar-refractivity contribution is 0.363. The summed E-state index contributed by atoms with van der Waals surface area (Å²) in [5.41, 5.74) is 8.19. The van der Waals surface area contributed by atoms with E-state index < -0.39 is 0 Å². The first-order valence-electron chi connectivity index (χ1n) is 6.55. The SMILES string of the molecule is Cc1cc(C2CCC2)nc(CC(C)(C)CN)n1. The topological polar surface area (TPSA) is 51.8 Å². The molecular formula is C14H23N3. The summed E-state index contributed by atoms with van der Waals surface area (Å²) in [5, 5.41) is 0. The Balaban J connectivity index is 2.19. The molecule has 17 heavy (non-hydrogen) atoms. The van der Waals surface area contributed by atoms with Crippen LogP contribution in [-0.4, -0.2) is 16.5 Å². The molecule has 0 aromatic carbocycles. The number of aromatic nitrogens is 2. The van der Waals surface area contributed by atoms with Crippen LogP contribution in [0.3, 0.4) is 0 Å². The molecule has 1 aliphatic carbocycles. The fourth-order valence-corrected chi connectivity index (χ4v) is 2.15. The molecule has 0 spiro atoms. The van der Waals surface area contributed by atoms with Crippen molar-refractivity contribution >= 4 is 0 Å². The Morgan fingerprint density at radius 3 is 2.59 bits per heavy atom. The number of aryl methyl sites for hydroxylation is 1. The van der Waals surface area contributed by atoms with Crippen molar-refractivity contribution in [2.75, 3.05) is 6.54 Å². The van der Waals surface area contributed by atoms with Gasteiger partial charge in [-0.1, -0.05) is 20.3 Å². The van der Waals surface area contributed by atoms with E-state index in [2.05, 4.69) is 31.8 Å². The van der Waals surface area contributed by atoms with E-state index in [1.165, 1.54) is 25.0 Å². The molecule has 0 saturated heterocycles. The summed E-state index contributed by atoms with van der Waals surface area (Å²) >= 11 is 0. The standard InChI is InChI=1S/C14H23N3/c1-10-7-12(11-5-4-6-11)17-13(16-10)8-14(2,3)9-15/h7,11H,4-6,8-9,15H2,1-3H3. The molecule has 2 rings (SSSR count). The van der Waals surface area contributed by atoms with Gasteiger partial charge in [0.2, 0.25) is 0 Å². The van der Waals surface area contributed by atoms with Gasteiger partial charge in [-0.15, -0.1) is 0 Å². The monoisotopic (exact) mass is 233 g/mol. The lowest BCUT2D eigenvalue weighted by Gasteiger charge is -2.26. The summed E-state index contributed by atoms with van der Waals surface area (Å²) < 4.78 is 0. The molecule has 1 aromatic rings. The first kappa shape index (κ1) is 12.5.